The molecule has 1 aliphatic heterocycles. The summed E-state index contributed by atoms with van der Waals surface area (Å²) < 4.78 is 5.47. The van der Waals surface area contributed by atoms with Crippen LogP contribution < -0.4 is 0 Å². The minimum absolute atomic E-state index is 0.0348. The first-order valence-corrected chi connectivity index (χ1v) is 7.11. The van der Waals surface area contributed by atoms with Gasteiger partial charge in [-0.2, -0.15) is 0 Å². The van der Waals surface area contributed by atoms with Crippen LogP contribution in [-0.2, 0) is 9.53 Å². The SMILES string of the molecule is C=C1CC[C@H](O)[C@]2(C)CC[C@H]3[C@H](C)C(=O)O[C@H]3[C@@]12O. The molecular formula is C15H22O4. The van der Waals surface area contributed by atoms with E-state index in [9.17, 15) is 15.0 Å². The van der Waals surface area contributed by atoms with Crippen LogP contribution in [0.25, 0.3) is 0 Å². The molecule has 0 radical (unpaired) electrons. The molecule has 2 N–H and O–H groups in total. The van der Waals surface area contributed by atoms with Gasteiger partial charge in [0, 0.05) is 11.3 Å². The molecule has 6 atom stereocenters. The number of fused-ring (bicyclic) bond motifs is 3. The molecule has 3 rings (SSSR count). The highest BCUT2D eigenvalue weighted by atomic mass is 16.6. The number of carbonyl (C=O) groups excluding carboxylic acids is 1. The zero-order valence-electron chi connectivity index (χ0n) is 11.6. The van der Waals surface area contributed by atoms with E-state index in [0.29, 0.717) is 24.8 Å². The van der Waals surface area contributed by atoms with Crippen LogP contribution in [0.4, 0.5) is 0 Å². The lowest BCUT2D eigenvalue weighted by atomic mass is 9.51. The summed E-state index contributed by atoms with van der Waals surface area (Å²) in [4.78, 5) is 11.8. The molecule has 0 aromatic carbocycles. The van der Waals surface area contributed by atoms with Crippen LogP contribution in [-0.4, -0.2) is 34.0 Å². The van der Waals surface area contributed by atoms with Gasteiger partial charge >= 0.3 is 5.97 Å². The minimum atomic E-state index is -1.28. The van der Waals surface area contributed by atoms with Gasteiger partial charge < -0.3 is 14.9 Å². The summed E-state index contributed by atoms with van der Waals surface area (Å²) in [6.07, 6.45) is 1.60. The predicted octanol–water partition coefficient (Wildman–Crippen LogP) is 1.41. The molecule has 0 unspecified atom stereocenters. The lowest BCUT2D eigenvalue weighted by Gasteiger charge is -2.58. The summed E-state index contributed by atoms with van der Waals surface area (Å²) in [7, 11) is 0. The smallest absolute Gasteiger partial charge is 0.309 e. The Hall–Kier alpha value is -0.870. The monoisotopic (exact) mass is 266 g/mol. The molecule has 0 spiro atoms. The second kappa shape index (κ2) is 3.83. The van der Waals surface area contributed by atoms with Gasteiger partial charge in [-0.1, -0.05) is 20.4 Å². The van der Waals surface area contributed by atoms with Gasteiger partial charge in [-0.25, -0.2) is 0 Å². The number of aliphatic hydroxyl groups excluding tert-OH is 1. The van der Waals surface area contributed by atoms with Crippen LogP contribution in [0.1, 0.15) is 39.5 Å². The summed E-state index contributed by atoms with van der Waals surface area (Å²) in [5.41, 5.74) is -1.24. The summed E-state index contributed by atoms with van der Waals surface area (Å²) in [6, 6.07) is 0. The molecule has 0 amide bonds. The molecule has 3 fully saturated rings. The van der Waals surface area contributed by atoms with Gasteiger partial charge in [0.1, 0.15) is 11.7 Å². The zero-order valence-corrected chi connectivity index (χ0v) is 11.6. The highest BCUT2D eigenvalue weighted by molar-refractivity contribution is 5.75. The van der Waals surface area contributed by atoms with E-state index in [0.717, 1.165) is 6.42 Å². The predicted molar refractivity (Wildman–Crippen MR) is 69.2 cm³/mol. The van der Waals surface area contributed by atoms with E-state index >= 15 is 0 Å². The van der Waals surface area contributed by atoms with Gasteiger partial charge in [-0.05, 0) is 31.3 Å². The maximum absolute atomic E-state index is 11.8. The van der Waals surface area contributed by atoms with Crippen molar-refractivity contribution in [2.45, 2.75) is 57.3 Å². The fourth-order valence-electron chi connectivity index (χ4n) is 4.38. The third-order valence-corrected chi connectivity index (χ3v) is 5.92. The van der Waals surface area contributed by atoms with Crippen molar-refractivity contribution in [1.29, 1.82) is 0 Å². The second-order valence-corrected chi connectivity index (χ2v) is 6.69. The first-order valence-electron chi connectivity index (χ1n) is 7.11. The molecule has 1 heterocycles. The van der Waals surface area contributed by atoms with E-state index in [2.05, 4.69) is 6.58 Å². The Balaban J connectivity index is 2.08. The number of hydrogen-bond acceptors (Lipinski definition) is 4. The average molecular weight is 266 g/mol. The molecule has 2 saturated carbocycles. The molecule has 1 saturated heterocycles. The Kier molecular flexibility index (Phi) is 2.64. The van der Waals surface area contributed by atoms with Crippen LogP contribution in [0.5, 0.6) is 0 Å². The van der Waals surface area contributed by atoms with E-state index in [1.165, 1.54) is 0 Å². The van der Waals surface area contributed by atoms with Crippen LogP contribution in [0, 0.1) is 17.3 Å². The highest BCUT2D eigenvalue weighted by Crippen LogP contribution is 2.59. The molecule has 2 aliphatic carbocycles. The van der Waals surface area contributed by atoms with Crippen LogP contribution >= 0.6 is 0 Å². The van der Waals surface area contributed by atoms with Crippen molar-refractivity contribution in [3.63, 3.8) is 0 Å². The molecule has 0 aromatic rings. The first kappa shape index (κ1) is 13.1. The van der Waals surface area contributed by atoms with Crippen molar-refractivity contribution in [2.75, 3.05) is 0 Å². The lowest BCUT2D eigenvalue weighted by molar-refractivity contribution is -0.216. The number of esters is 1. The quantitative estimate of drug-likeness (QED) is 0.514. The fraction of sp³-hybridized carbons (Fsp3) is 0.800. The van der Waals surface area contributed by atoms with E-state index in [4.69, 9.17) is 4.74 Å². The Morgan fingerprint density at radius 3 is 2.79 bits per heavy atom. The van der Waals surface area contributed by atoms with Crippen molar-refractivity contribution in [3.05, 3.63) is 12.2 Å². The van der Waals surface area contributed by atoms with Crippen molar-refractivity contribution in [1.82, 2.24) is 0 Å². The zero-order chi connectivity index (χ0) is 14.0. The Morgan fingerprint density at radius 2 is 2.11 bits per heavy atom. The standard InChI is InChI=1S/C15H22O4/c1-8-4-5-11(16)14(3)7-6-10-9(2)13(17)19-12(10)15(8,14)18/h9-12,16,18H,1,4-7H2,2-3H3/t9-,10-,11-,12+,14-,15-/m0/s1. The molecular weight excluding hydrogens is 244 g/mol. The number of rotatable bonds is 0. The van der Waals surface area contributed by atoms with Crippen molar-refractivity contribution < 1.29 is 19.7 Å². The molecule has 19 heavy (non-hydrogen) atoms. The van der Waals surface area contributed by atoms with Crippen LogP contribution in [0.2, 0.25) is 0 Å². The van der Waals surface area contributed by atoms with Gasteiger partial charge in [0.25, 0.3) is 0 Å². The summed E-state index contributed by atoms with van der Waals surface area (Å²) >= 11 is 0. The molecule has 106 valence electrons. The first-order chi connectivity index (χ1) is 8.82. The Morgan fingerprint density at radius 1 is 1.42 bits per heavy atom. The van der Waals surface area contributed by atoms with Gasteiger partial charge in [0.15, 0.2) is 0 Å². The van der Waals surface area contributed by atoms with E-state index < -0.39 is 23.2 Å². The van der Waals surface area contributed by atoms with E-state index in [1.807, 2.05) is 13.8 Å². The van der Waals surface area contributed by atoms with Gasteiger partial charge in [-0.3, -0.25) is 4.79 Å². The van der Waals surface area contributed by atoms with Gasteiger partial charge in [0.2, 0.25) is 0 Å². The number of ether oxygens (including phenoxy) is 1. The van der Waals surface area contributed by atoms with Gasteiger partial charge in [-0.15, -0.1) is 0 Å². The van der Waals surface area contributed by atoms with Crippen molar-refractivity contribution in [2.24, 2.45) is 17.3 Å². The second-order valence-electron chi connectivity index (χ2n) is 6.69. The summed E-state index contributed by atoms with van der Waals surface area (Å²) in [6.45, 7) is 7.77. The maximum Gasteiger partial charge on any atom is 0.309 e. The average Bonchev–Trinajstić information content (AvgIpc) is 2.66. The van der Waals surface area contributed by atoms with Gasteiger partial charge in [0.05, 0.1) is 12.0 Å². The topological polar surface area (TPSA) is 66.8 Å². The summed E-state index contributed by atoms with van der Waals surface area (Å²) in [5.74, 6) is -0.376. The van der Waals surface area contributed by atoms with E-state index in [1.54, 1.807) is 0 Å². The third-order valence-electron chi connectivity index (χ3n) is 5.92. The highest BCUT2D eigenvalue weighted by Gasteiger charge is 2.67. The molecule has 4 heteroatoms. The minimum Gasteiger partial charge on any atom is -0.458 e. The fourth-order valence-corrected chi connectivity index (χ4v) is 4.38. The molecule has 4 nitrogen and oxygen atoms in total. The lowest BCUT2D eigenvalue weighted by Crippen LogP contribution is -2.67. The van der Waals surface area contributed by atoms with Crippen LogP contribution in [0.15, 0.2) is 12.2 Å². The third kappa shape index (κ3) is 1.39. The molecule has 0 aromatic heterocycles. The largest absolute Gasteiger partial charge is 0.458 e. The number of hydrogen-bond donors (Lipinski definition) is 2. The molecule has 3 aliphatic rings. The Bertz CT molecular complexity index is 445. The number of carbonyl (C=O) groups is 1. The van der Waals surface area contributed by atoms with Crippen molar-refractivity contribution >= 4 is 5.97 Å². The maximum atomic E-state index is 11.8. The van der Waals surface area contributed by atoms with E-state index in [-0.39, 0.29) is 17.8 Å². The number of aliphatic hydroxyl groups is 2. The normalized spacial score (nSPS) is 53.5. The van der Waals surface area contributed by atoms with Crippen molar-refractivity contribution in [3.8, 4) is 0 Å². The Labute approximate surface area is 113 Å². The summed E-state index contributed by atoms with van der Waals surface area (Å²) in [5, 5.41) is 21.6. The van der Waals surface area contributed by atoms with Crippen LogP contribution in [0.3, 0.4) is 0 Å². The molecule has 0 bridgehead atoms.